The van der Waals surface area contributed by atoms with Gasteiger partial charge in [-0.15, -0.1) is 12.3 Å². The van der Waals surface area contributed by atoms with E-state index in [9.17, 15) is 13.6 Å². The Bertz CT molecular complexity index is 863. The van der Waals surface area contributed by atoms with Crippen LogP contribution in [-0.2, 0) is 0 Å². The number of aryl methyl sites for hydroxylation is 1. The number of anilines is 2. The predicted octanol–water partition coefficient (Wildman–Crippen LogP) is 4.12. The van der Waals surface area contributed by atoms with Crippen LogP contribution in [0.2, 0.25) is 0 Å². The molecule has 0 aliphatic rings. The van der Waals surface area contributed by atoms with Gasteiger partial charge in [0.2, 0.25) is 5.82 Å². The van der Waals surface area contributed by atoms with Crippen LogP contribution < -0.4 is 15.8 Å². The first kappa shape index (κ1) is 19.0. The SMILES string of the molecule is C#CCCOc1cc(C(N)=O)c(Nc2ccc(I)cc2C)c(F)c1F. The molecule has 0 unspecified atom stereocenters. The fourth-order valence-corrected chi connectivity index (χ4v) is 2.79. The second-order valence-electron chi connectivity index (χ2n) is 5.18. The number of amides is 1. The maximum atomic E-state index is 14.5. The molecule has 0 saturated heterocycles. The van der Waals surface area contributed by atoms with Crippen molar-refractivity contribution in [3.05, 3.63) is 50.6 Å². The molecule has 0 fully saturated rings. The Labute approximate surface area is 157 Å². The number of benzene rings is 2. The second kappa shape index (κ2) is 8.16. The topological polar surface area (TPSA) is 64.3 Å². The molecule has 0 aliphatic heterocycles. The van der Waals surface area contributed by atoms with Gasteiger partial charge in [-0.1, -0.05) is 0 Å². The molecule has 0 aromatic heterocycles. The van der Waals surface area contributed by atoms with Gasteiger partial charge in [-0.3, -0.25) is 4.79 Å². The smallest absolute Gasteiger partial charge is 0.251 e. The molecule has 0 atom stereocenters. The van der Waals surface area contributed by atoms with E-state index < -0.39 is 23.3 Å². The highest BCUT2D eigenvalue weighted by Gasteiger charge is 2.23. The van der Waals surface area contributed by atoms with Crippen molar-refractivity contribution in [1.29, 1.82) is 0 Å². The van der Waals surface area contributed by atoms with Gasteiger partial charge in [0.15, 0.2) is 11.6 Å². The summed E-state index contributed by atoms with van der Waals surface area (Å²) in [4.78, 5) is 11.7. The Kier molecular flexibility index (Phi) is 6.20. The average molecular weight is 456 g/mol. The number of terminal acetylenes is 1. The summed E-state index contributed by atoms with van der Waals surface area (Å²) >= 11 is 2.14. The fourth-order valence-electron chi connectivity index (χ4n) is 2.15. The molecule has 0 saturated carbocycles. The van der Waals surface area contributed by atoms with Crippen molar-refractivity contribution >= 4 is 39.9 Å². The highest BCUT2D eigenvalue weighted by Crippen LogP contribution is 2.33. The standard InChI is InChI=1S/C18H15F2IN2O2/c1-3-4-7-25-14-9-12(18(22)24)17(16(20)15(14)19)23-13-6-5-11(21)8-10(13)2/h1,5-6,8-9,23H,4,7H2,2H3,(H2,22,24). The van der Waals surface area contributed by atoms with Gasteiger partial charge >= 0.3 is 0 Å². The zero-order valence-electron chi connectivity index (χ0n) is 13.3. The van der Waals surface area contributed by atoms with Gasteiger partial charge in [-0.2, -0.15) is 4.39 Å². The van der Waals surface area contributed by atoms with Gasteiger partial charge in [0, 0.05) is 15.7 Å². The molecule has 0 heterocycles. The monoisotopic (exact) mass is 456 g/mol. The molecular formula is C18H15F2IN2O2. The van der Waals surface area contributed by atoms with Crippen LogP contribution in [0.5, 0.6) is 5.75 Å². The fraction of sp³-hybridized carbons (Fsp3) is 0.167. The number of carbonyl (C=O) groups excluding carboxylic acids is 1. The Morgan fingerprint density at radius 3 is 2.68 bits per heavy atom. The van der Waals surface area contributed by atoms with Crippen molar-refractivity contribution in [1.82, 2.24) is 0 Å². The van der Waals surface area contributed by atoms with E-state index in [1.807, 2.05) is 6.07 Å². The first-order valence-corrected chi connectivity index (χ1v) is 8.34. The van der Waals surface area contributed by atoms with Crippen molar-refractivity contribution in [2.24, 2.45) is 5.73 Å². The largest absolute Gasteiger partial charge is 0.489 e. The van der Waals surface area contributed by atoms with Crippen molar-refractivity contribution in [2.45, 2.75) is 13.3 Å². The molecule has 0 aliphatic carbocycles. The van der Waals surface area contributed by atoms with Crippen molar-refractivity contribution in [3.8, 4) is 18.1 Å². The lowest BCUT2D eigenvalue weighted by molar-refractivity contribution is 0.1000. The van der Waals surface area contributed by atoms with Crippen molar-refractivity contribution < 1.29 is 18.3 Å². The molecule has 2 aromatic rings. The van der Waals surface area contributed by atoms with E-state index in [4.69, 9.17) is 16.9 Å². The molecule has 2 aromatic carbocycles. The van der Waals surface area contributed by atoms with Gasteiger partial charge in [0.05, 0.1) is 17.9 Å². The normalized spacial score (nSPS) is 10.2. The van der Waals surface area contributed by atoms with Crippen LogP contribution in [0.3, 0.4) is 0 Å². The lowest BCUT2D eigenvalue weighted by atomic mass is 10.1. The summed E-state index contributed by atoms with van der Waals surface area (Å²) < 4.78 is 34.9. The number of nitrogens with one attached hydrogen (secondary N) is 1. The quantitative estimate of drug-likeness (QED) is 0.391. The van der Waals surface area contributed by atoms with Crippen LogP contribution in [-0.4, -0.2) is 12.5 Å². The summed E-state index contributed by atoms with van der Waals surface area (Å²) in [6.07, 6.45) is 5.31. The third kappa shape index (κ3) is 4.39. The van der Waals surface area contributed by atoms with E-state index in [2.05, 4.69) is 33.8 Å². The molecule has 25 heavy (non-hydrogen) atoms. The third-order valence-electron chi connectivity index (χ3n) is 3.39. The summed E-state index contributed by atoms with van der Waals surface area (Å²) in [6, 6.07) is 6.43. The first-order chi connectivity index (χ1) is 11.8. The summed E-state index contributed by atoms with van der Waals surface area (Å²) in [5.74, 6) is -1.46. The van der Waals surface area contributed by atoms with E-state index in [1.165, 1.54) is 0 Å². The third-order valence-corrected chi connectivity index (χ3v) is 4.06. The number of ether oxygens (including phenoxy) is 1. The zero-order valence-corrected chi connectivity index (χ0v) is 15.5. The lowest BCUT2D eigenvalue weighted by Crippen LogP contribution is -2.16. The molecule has 3 N–H and O–H groups in total. The first-order valence-electron chi connectivity index (χ1n) is 7.26. The Morgan fingerprint density at radius 1 is 1.36 bits per heavy atom. The van der Waals surface area contributed by atoms with E-state index >= 15 is 0 Å². The molecule has 0 bridgehead atoms. The highest BCUT2D eigenvalue weighted by atomic mass is 127. The zero-order chi connectivity index (χ0) is 18.6. The molecule has 1 amide bonds. The van der Waals surface area contributed by atoms with Crippen molar-refractivity contribution in [2.75, 3.05) is 11.9 Å². The van der Waals surface area contributed by atoms with E-state index in [0.717, 1.165) is 15.2 Å². The van der Waals surface area contributed by atoms with Gasteiger partial charge in [0.1, 0.15) is 0 Å². The summed E-state index contributed by atoms with van der Waals surface area (Å²) in [7, 11) is 0. The predicted molar refractivity (Wildman–Crippen MR) is 101 cm³/mol. The minimum Gasteiger partial charge on any atom is -0.489 e. The Morgan fingerprint density at radius 2 is 2.08 bits per heavy atom. The number of hydrogen-bond donors (Lipinski definition) is 2. The average Bonchev–Trinajstić information content (AvgIpc) is 2.55. The van der Waals surface area contributed by atoms with E-state index in [-0.39, 0.29) is 24.3 Å². The summed E-state index contributed by atoms with van der Waals surface area (Å²) in [5, 5.41) is 2.75. The second-order valence-corrected chi connectivity index (χ2v) is 6.42. The number of rotatable bonds is 6. The minimum absolute atomic E-state index is 0.00589. The van der Waals surface area contributed by atoms with Gasteiger partial charge in [0.25, 0.3) is 5.91 Å². The molecule has 7 heteroatoms. The van der Waals surface area contributed by atoms with Gasteiger partial charge in [-0.05, 0) is 59.3 Å². The molecule has 2 rings (SSSR count). The molecule has 130 valence electrons. The van der Waals surface area contributed by atoms with Crippen molar-refractivity contribution in [3.63, 3.8) is 0 Å². The maximum absolute atomic E-state index is 14.5. The van der Waals surface area contributed by atoms with E-state index in [1.54, 1.807) is 19.1 Å². The maximum Gasteiger partial charge on any atom is 0.251 e. The molecule has 0 spiro atoms. The van der Waals surface area contributed by atoms with Crippen LogP contribution in [0.15, 0.2) is 24.3 Å². The van der Waals surface area contributed by atoms with Crippen LogP contribution in [0, 0.1) is 34.5 Å². The van der Waals surface area contributed by atoms with Crippen LogP contribution in [0.1, 0.15) is 22.3 Å². The molecule has 0 radical (unpaired) electrons. The van der Waals surface area contributed by atoms with Gasteiger partial charge < -0.3 is 15.8 Å². The van der Waals surface area contributed by atoms with E-state index in [0.29, 0.717) is 5.69 Å². The number of hydrogen-bond acceptors (Lipinski definition) is 3. The number of halogens is 3. The summed E-state index contributed by atoms with van der Waals surface area (Å²) in [6.45, 7) is 1.80. The van der Waals surface area contributed by atoms with Crippen LogP contribution in [0.25, 0.3) is 0 Å². The Balaban J connectivity index is 2.48. The number of primary amides is 1. The molecule has 4 nitrogen and oxygen atoms in total. The number of carbonyl (C=O) groups is 1. The lowest BCUT2D eigenvalue weighted by Gasteiger charge is -2.16. The summed E-state index contributed by atoms with van der Waals surface area (Å²) in [5.41, 5.74) is 6.10. The van der Waals surface area contributed by atoms with Crippen LogP contribution >= 0.6 is 22.6 Å². The molecular weight excluding hydrogens is 441 g/mol. The minimum atomic E-state index is -1.25. The van der Waals surface area contributed by atoms with Gasteiger partial charge in [-0.25, -0.2) is 4.39 Å². The Hall–Kier alpha value is -2.34. The van der Waals surface area contributed by atoms with Crippen LogP contribution in [0.4, 0.5) is 20.2 Å². The highest BCUT2D eigenvalue weighted by molar-refractivity contribution is 14.1. The number of nitrogens with two attached hydrogens (primary N) is 1.